The molecule has 4 nitrogen and oxygen atoms in total. The minimum atomic E-state index is 0.118. The minimum absolute atomic E-state index is 0.118. The molecule has 1 aliphatic rings. The maximum Gasteiger partial charge on any atom is 0.0933 e. The Bertz CT molecular complexity index is 182. The smallest absolute Gasteiger partial charge is 0.0933 e. The van der Waals surface area contributed by atoms with Crippen LogP contribution in [0.25, 0.3) is 0 Å². The van der Waals surface area contributed by atoms with Crippen molar-refractivity contribution >= 4 is 0 Å². The zero-order valence-corrected chi connectivity index (χ0v) is 11.4. The highest BCUT2D eigenvalue weighted by molar-refractivity contribution is 4.67. The lowest BCUT2D eigenvalue weighted by atomic mass is 10.1. The molecule has 4 heteroatoms. The van der Waals surface area contributed by atoms with Gasteiger partial charge in [-0.15, -0.1) is 0 Å². The summed E-state index contributed by atoms with van der Waals surface area (Å²) in [7, 11) is 1.71. The second kappa shape index (κ2) is 8.86. The number of hydrogen-bond acceptors (Lipinski definition) is 4. The second-order valence-electron chi connectivity index (χ2n) is 4.96. The van der Waals surface area contributed by atoms with Crippen molar-refractivity contribution in [3.8, 4) is 0 Å². The molecule has 0 aliphatic carbocycles. The molecule has 1 heterocycles. The van der Waals surface area contributed by atoms with Gasteiger partial charge in [-0.25, -0.2) is 0 Å². The first-order valence-electron chi connectivity index (χ1n) is 6.68. The van der Waals surface area contributed by atoms with Gasteiger partial charge in [-0.1, -0.05) is 13.8 Å². The quantitative estimate of drug-likeness (QED) is 0.705. The highest BCUT2D eigenvalue weighted by atomic mass is 16.6. The SMILES string of the molecule is COCC(CNC(C)C)OCC1CCCCO1. The number of ether oxygens (including phenoxy) is 3. The van der Waals surface area contributed by atoms with E-state index in [2.05, 4.69) is 19.2 Å². The van der Waals surface area contributed by atoms with Gasteiger partial charge >= 0.3 is 0 Å². The van der Waals surface area contributed by atoms with E-state index in [-0.39, 0.29) is 12.2 Å². The van der Waals surface area contributed by atoms with Crippen molar-refractivity contribution in [2.45, 2.75) is 51.4 Å². The molecule has 102 valence electrons. The number of rotatable bonds is 8. The molecule has 0 spiro atoms. The highest BCUT2D eigenvalue weighted by Crippen LogP contribution is 2.13. The van der Waals surface area contributed by atoms with Crippen LogP contribution in [-0.2, 0) is 14.2 Å². The Labute approximate surface area is 105 Å². The first-order valence-corrected chi connectivity index (χ1v) is 6.68. The Morgan fingerprint density at radius 2 is 2.18 bits per heavy atom. The van der Waals surface area contributed by atoms with E-state index in [0.29, 0.717) is 19.3 Å². The molecule has 0 bridgehead atoms. The Morgan fingerprint density at radius 3 is 2.76 bits per heavy atom. The maximum atomic E-state index is 5.86. The predicted molar refractivity (Wildman–Crippen MR) is 68.3 cm³/mol. The van der Waals surface area contributed by atoms with Crippen LogP contribution in [0.3, 0.4) is 0 Å². The number of methoxy groups -OCH3 is 1. The Balaban J connectivity index is 2.17. The third-order valence-corrected chi connectivity index (χ3v) is 2.90. The Morgan fingerprint density at radius 1 is 1.35 bits per heavy atom. The van der Waals surface area contributed by atoms with Crippen LogP contribution < -0.4 is 5.32 Å². The van der Waals surface area contributed by atoms with Gasteiger partial charge in [0.1, 0.15) is 0 Å². The molecule has 1 fully saturated rings. The van der Waals surface area contributed by atoms with E-state index >= 15 is 0 Å². The van der Waals surface area contributed by atoms with Crippen LogP contribution in [0, 0.1) is 0 Å². The molecule has 0 radical (unpaired) electrons. The fraction of sp³-hybridized carbons (Fsp3) is 1.00. The summed E-state index contributed by atoms with van der Waals surface area (Å²) in [5, 5.41) is 3.37. The van der Waals surface area contributed by atoms with Gasteiger partial charge in [0.05, 0.1) is 25.4 Å². The van der Waals surface area contributed by atoms with Crippen LogP contribution in [-0.4, -0.2) is 51.7 Å². The molecular weight excluding hydrogens is 218 g/mol. The molecule has 1 rings (SSSR count). The van der Waals surface area contributed by atoms with Gasteiger partial charge in [0.15, 0.2) is 0 Å². The van der Waals surface area contributed by atoms with Crippen molar-refractivity contribution in [3.63, 3.8) is 0 Å². The van der Waals surface area contributed by atoms with Gasteiger partial charge in [0.2, 0.25) is 0 Å². The van der Waals surface area contributed by atoms with Gasteiger partial charge in [-0.05, 0) is 19.3 Å². The topological polar surface area (TPSA) is 39.7 Å². The molecule has 0 aromatic carbocycles. The van der Waals surface area contributed by atoms with Crippen molar-refractivity contribution in [2.75, 3.05) is 33.5 Å². The summed E-state index contributed by atoms with van der Waals surface area (Å²) in [6.45, 7) is 7.30. The largest absolute Gasteiger partial charge is 0.382 e. The number of hydrogen-bond donors (Lipinski definition) is 1. The average molecular weight is 245 g/mol. The molecule has 0 aromatic rings. The van der Waals surface area contributed by atoms with Gasteiger partial charge in [-0.3, -0.25) is 0 Å². The monoisotopic (exact) mass is 245 g/mol. The lowest BCUT2D eigenvalue weighted by molar-refractivity contribution is -0.0768. The third kappa shape index (κ3) is 6.99. The standard InChI is InChI=1S/C13H27NO3/c1-11(2)14-8-13(9-15-3)17-10-12-6-4-5-7-16-12/h11-14H,4-10H2,1-3H3. The molecule has 2 unspecified atom stereocenters. The first-order chi connectivity index (χ1) is 8.22. The third-order valence-electron chi connectivity index (χ3n) is 2.90. The maximum absolute atomic E-state index is 5.86. The van der Waals surface area contributed by atoms with E-state index in [0.717, 1.165) is 19.6 Å². The zero-order valence-electron chi connectivity index (χ0n) is 11.4. The van der Waals surface area contributed by atoms with Crippen LogP contribution in [0.5, 0.6) is 0 Å². The van der Waals surface area contributed by atoms with Gasteiger partial charge in [0.25, 0.3) is 0 Å². The second-order valence-corrected chi connectivity index (χ2v) is 4.96. The molecular formula is C13H27NO3. The minimum Gasteiger partial charge on any atom is -0.382 e. The fourth-order valence-corrected chi connectivity index (χ4v) is 1.90. The lowest BCUT2D eigenvalue weighted by Crippen LogP contribution is -2.38. The van der Waals surface area contributed by atoms with Crippen LogP contribution in [0.1, 0.15) is 33.1 Å². The molecule has 1 N–H and O–H groups in total. The van der Waals surface area contributed by atoms with Crippen molar-refractivity contribution < 1.29 is 14.2 Å². The van der Waals surface area contributed by atoms with E-state index in [9.17, 15) is 0 Å². The molecule has 1 aliphatic heterocycles. The van der Waals surface area contributed by atoms with Gasteiger partial charge in [-0.2, -0.15) is 0 Å². The fourth-order valence-electron chi connectivity index (χ4n) is 1.90. The van der Waals surface area contributed by atoms with Crippen LogP contribution >= 0.6 is 0 Å². The molecule has 1 saturated heterocycles. The lowest BCUT2D eigenvalue weighted by Gasteiger charge is -2.25. The van der Waals surface area contributed by atoms with E-state index in [1.54, 1.807) is 7.11 Å². The van der Waals surface area contributed by atoms with E-state index in [1.807, 2.05) is 0 Å². The van der Waals surface area contributed by atoms with Crippen molar-refractivity contribution in [3.05, 3.63) is 0 Å². The van der Waals surface area contributed by atoms with Crippen LogP contribution in [0.2, 0.25) is 0 Å². The van der Waals surface area contributed by atoms with Crippen molar-refractivity contribution in [1.29, 1.82) is 0 Å². The first kappa shape index (κ1) is 14.9. The van der Waals surface area contributed by atoms with Gasteiger partial charge in [0, 0.05) is 26.3 Å². The normalized spacial score (nSPS) is 22.9. The highest BCUT2D eigenvalue weighted by Gasteiger charge is 2.17. The number of nitrogens with one attached hydrogen (secondary N) is 1. The molecule has 0 aromatic heterocycles. The summed E-state index contributed by atoms with van der Waals surface area (Å²) in [5.41, 5.74) is 0. The summed E-state index contributed by atoms with van der Waals surface area (Å²) in [5.74, 6) is 0. The van der Waals surface area contributed by atoms with E-state index < -0.39 is 0 Å². The zero-order chi connectivity index (χ0) is 12.5. The Hall–Kier alpha value is -0.160. The summed E-state index contributed by atoms with van der Waals surface area (Å²) in [6.07, 6.45) is 3.97. The predicted octanol–water partition coefficient (Wildman–Crippen LogP) is 1.59. The summed E-state index contributed by atoms with van der Waals surface area (Å²) < 4.78 is 16.7. The average Bonchev–Trinajstić information content (AvgIpc) is 2.34. The van der Waals surface area contributed by atoms with Crippen LogP contribution in [0.4, 0.5) is 0 Å². The molecule has 0 saturated carbocycles. The molecule has 0 amide bonds. The molecule has 17 heavy (non-hydrogen) atoms. The Kier molecular flexibility index (Phi) is 7.77. The summed E-state index contributed by atoms with van der Waals surface area (Å²) in [4.78, 5) is 0. The van der Waals surface area contributed by atoms with E-state index in [4.69, 9.17) is 14.2 Å². The van der Waals surface area contributed by atoms with Gasteiger partial charge < -0.3 is 19.5 Å². The summed E-state index contributed by atoms with van der Waals surface area (Å²) in [6, 6.07) is 0.476. The van der Waals surface area contributed by atoms with Crippen molar-refractivity contribution in [1.82, 2.24) is 5.32 Å². The van der Waals surface area contributed by atoms with E-state index in [1.165, 1.54) is 12.8 Å². The summed E-state index contributed by atoms with van der Waals surface area (Å²) >= 11 is 0. The molecule has 2 atom stereocenters. The van der Waals surface area contributed by atoms with Crippen molar-refractivity contribution in [2.24, 2.45) is 0 Å². The van der Waals surface area contributed by atoms with Crippen LogP contribution in [0.15, 0.2) is 0 Å².